The van der Waals surface area contributed by atoms with Crippen LogP contribution < -0.4 is 9.46 Å². The van der Waals surface area contributed by atoms with Crippen LogP contribution in [-0.4, -0.2) is 45.5 Å². The number of hydrogen-bond donors (Lipinski definition) is 1. The Kier molecular flexibility index (Phi) is 6.41. The Balaban J connectivity index is 1.93. The van der Waals surface area contributed by atoms with Crippen LogP contribution in [0.4, 0.5) is 0 Å². The molecule has 1 saturated heterocycles. The summed E-state index contributed by atoms with van der Waals surface area (Å²) >= 11 is 0. The van der Waals surface area contributed by atoms with Crippen molar-refractivity contribution in [1.82, 2.24) is 9.62 Å². The van der Waals surface area contributed by atoms with Crippen molar-refractivity contribution in [2.75, 3.05) is 26.2 Å². The predicted octanol–water partition coefficient (Wildman–Crippen LogP) is 1.77. The van der Waals surface area contributed by atoms with E-state index in [1.807, 2.05) is 6.92 Å². The van der Waals surface area contributed by atoms with Crippen molar-refractivity contribution in [2.45, 2.75) is 37.5 Å². The van der Waals surface area contributed by atoms with Crippen molar-refractivity contribution in [1.29, 1.82) is 0 Å². The zero-order valence-corrected chi connectivity index (χ0v) is 14.3. The van der Waals surface area contributed by atoms with Gasteiger partial charge in [-0.05, 0) is 44.0 Å². The molecule has 0 saturated carbocycles. The van der Waals surface area contributed by atoms with Gasteiger partial charge in [0.05, 0.1) is 18.0 Å². The Labute approximate surface area is 137 Å². The molecule has 1 N–H and O–H groups in total. The number of amides is 1. The van der Waals surface area contributed by atoms with Crippen LogP contribution in [0.2, 0.25) is 0 Å². The minimum Gasteiger partial charge on any atom is -0.494 e. The van der Waals surface area contributed by atoms with Crippen LogP contribution >= 0.6 is 0 Å². The maximum atomic E-state index is 12.2. The molecule has 0 atom stereocenters. The van der Waals surface area contributed by atoms with Crippen molar-refractivity contribution in [2.24, 2.45) is 0 Å². The van der Waals surface area contributed by atoms with Gasteiger partial charge >= 0.3 is 0 Å². The summed E-state index contributed by atoms with van der Waals surface area (Å²) in [6.45, 7) is 3.61. The lowest BCUT2D eigenvalue weighted by Crippen LogP contribution is -2.40. The molecule has 1 aromatic rings. The van der Waals surface area contributed by atoms with E-state index in [2.05, 4.69) is 4.72 Å². The first kappa shape index (κ1) is 17.7. The van der Waals surface area contributed by atoms with Crippen molar-refractivity contribution in [3.8, 4) is 5.75 Å². The quantitative estimate of drug-likeness (QED) is 0.856. The number of hydrogen-bond acceptors (Lipinski definition) is 4. The second-order valence-corrected chi connectivity index (χ2v) is 7.29. The molecule has 6 nitrogen and oxygen atoms in total. The molecule has 128 valence electrons. The molecule has 1 aliphatic heterocycles. The lowest BCUT2D eigenvalue weighted by Gasteiger charge is -2.20. The van der Waals surface area contributed by atoms with E-state index >= 15 is 0 Å². The van der Waals surface area contributed by atoms with Gasteiger partial charge < -0.3 is 9.64 Å². The zero-order valence-electron chi connectivity index (χ0n) is 13.5. The molecular weight excluding hydrogens is 316 g/mol. The second kappa shape index (κ2) is 8.31. The fourth-order valence-corrected chi connectivity index (χ4v) is 3.53. The topological polar surface area (TPSA) is 75.7 Å². The summed E-state index contributed by atoms with van der Waals surface area (Å²) < 4.78 is 32.1. The van der Waals surface area contributed by atoms with Crippen molar-refractivity contribution in [3.05, 3.63) is 24.3 Å². The largest absolute Gasteiger partial charge is 0.494 e. The van der Waals surface area contributed by atoms with Crippen LogP contribution in [-0.2, 0) is 14.8 Å². The number of nitrogens with zero attached hydrogens (tertiary/aromatic N) is 1. The molecule has 1 amide bonds. The minimum atomic E-state index is -3.69. The van der Waals surface area contributed by atoms with Crippen molar-refractivity contribution in [3.63, 3.8) is 0 Å². The molecule has 0 spiro atoms. The van der Waals surface area contributed by atoms with E-state index in [0.717, 1.165) is 25.7 Å². The first-order chi connectivity index (χ1) is 11.0. The lowest BCUT2D eigenvalue weighted by molar-refractivity contribution is -0.129. The number of nitrogens with one attached hydrogen (secondary N) is 1. The van der Waals surface area contributed by atoms with Gasteiger partial charge in [0.15, 0.2) is 0 Å². The summed E-state index contributed by atoms with van der Waals surface area (Å²) in [5.41, 5.74) is 0. The average Bonchev–Trinajstić information content (AvgIpc) is 2.83. The van der Waals surface area contributed by atoms with Gasteiger partial charge in [-0.3, -0.25) is 4.79 Å². The molecule has 1 fully saturated rings. The number of carbonyl (C=O) groups excluding carboxylic acids is 1. The fraction of sp³-hybridized carbons (Fsp3) is 0.562. The molecule has 7 heteroatoms. The van der Waals surface area contributed by atoms with Crippen molar-refractivity contribution < 1.29 is 17.9 Å². The molecular formula is C16H24N2O4S. The van der Waals surface area contributed by atoms with Gasteiger partial charge in [-0.15, -0.1) is 0 Å². The van der Waals surface area contributed by atoms with E-state index < -0.39 is 10.0 Å². The summed E-state index contributed by atoms with van der Waals surface area (Å²) in [7, 11) is -3.69. The average molecular weight is 340 g/mol. The van der Waals surface area contributed by atoms with Crippen LogP contribution in [0.3, 0.4) is 0 Å². The molecule has 0 aliphatic carbocycles. The lowest BCUT2D eigenvalue weighted by atomic mass is 10.2. The molecule has 0 unspecified atom stereocenters. The Bertz CT molecular complexity index is 605. The highest BCUT2D eigenvalue weighted by atomic mass is 32.2. The van der Waals surface area contributed by atoms with Crippen LogP contribution in [0.15, 0.2) is 29.2 Å². The van der Waals surface area contributed by atoms with Gasteiger partial charge in [0.25, 0.3) is 0 Å². The van der Waals surface area contributed by atoms with E-state index in [0.29, 0.717) is 25.4 Å². The van der Waals surface area contributed by atoms with Gasteiger partial charge in [-0.1, -0.05) is 12.8 Å². The van der Waals surface area contributed by atoms with E-state index in [1.54, 1.807) is 17.0 Å². The smallest absolute Gasteiger partial charge is 0.241 e. The molecule has 1 aliphatic rings. The maximum Gasteiger partial charge on any atom is 0.241 e. The third kappa shape index (κ3) is 5.21. The zero-order chi connectivity index (χ0) is 16.7. The molecule has 2 rings (SSSR count). The van der Waals surface area contributed by atoms with E-state index in [9.17, 15) is 13.2 Å². The highest BCUT2D eigenvalue weighted by Crippen LogP contribution is 2.16. The molecule has 1 aromatic carbocycles. The summed E-state index contributed by atoms with van der Waals surface area (Å²) in [6.07, 6.45) is 4.22. The van der Waals surface area contributed by atoms with Gasteiger partial charge in [-0.2, -0.15) is 0 Å². The standard InChI is InChI=1S/C16H24N2O4S/c1-2-22-14-7-9-15(10-8-14)23(20,21)17-13-16(19)18-11-5-3-4-6-12-18/h7-10,17H,2-6,11-13H2,1H3. The Hall–Kier alpha value is -1.60. The van der Waals surface area contributed by atoms with Crippen LogP contribution in [0.25, 0.3) is 0 Å². The van der Waals surface area contributed by atoms with E-state index in [4.69, 9.17) is 4.74 Å². The third-order valence-corrected chi connectivity index (χ3v) is 5.23. The van der Waals surface area contributed by atoms with Gasteiger partial charge in [-0.25, -0.2) is 13.1 Å². The van der Waals surface area contributed by atoms with Crippen molar-refractivity contribution >= 4 is 15.9 Å². The van der Waals surface area contributed by atoms with Gasteiger partial charge in [0, 0.05) is 13.1 Å². The monoisotopic (exact) mass is 340 g/mol. The summed E-state index contributed by atoms with van der Waals surface area (Å²) in [5.74, 6) is 0.452. The van der Waals surface area contributed by atoms with Crippen LogP contribution in [0.5, 0.6) is 5.75 Å². The number of carbonyl (C=O) groups is 1. The van der Waals surface area contributed by atoms with Gasteiger partial charge in [0.1, 0.15) is 5.75 Å². The Morgan fingerprint density at radius 1 is 1.13 bits per heavy atom. The number of sulfonamides is 1. The first-order valence-electron chi connectivity index (χ1n) is 8.03. The summed E-state index contributed by atoms with van der Waals surface area (Å²) in [5, 5.41) is 0. The SMILES string of the molecule is CCOc1ccc(S(=O)(=O)NCC(=O)N2CCCCCC2)cc1. The highest BCUT2D eigenvalue weighted by Gasteiger charge is 2.19. The number of rotatable bonds is 6. The minimum absolute atomic E-state index is 0.129. The predicted molar refractivity (Wildman–Crippen MR) is 87.8 cm³/mol. The normalized spacial score (nSPS) is 16.0. The van der Waals surface area contributed by atoms with E-state index in [-0.39, 0.29) is 17.3 Å². The van der Waals surface area contributed by atoms with Crippen LogP contribution in [0.1, 0.15) is 32.6 Å². The fourth-order valence-electron chi connectivity index (χ4n) is 2.55. The molecule has 0 aromatic heterocycles. The van der Waals surface area contributed by atoms with Crippen LogP contribution in [0, 0.1) is 0 Å². The maximum absolute atomic E-state index is 12.2. The van der Waals surface area contributed by atoms with E-state index in [1.165, 1.54) is 12.1 Å². The summed E-state index contributed by atoms with van der Waals surface area (Å²) in [4.78, 5) is 14.0. The number of benzene rings is 1. The number of ether oxygens (including phenoxy) is 1. The Morgan fingerprint density at radius 3 is 2.30 bits per heavy atom. The Morgan fingerprint density at radius 2 is 1.74 bits per heavy atom. The molecule has 0 bridgehead atoms. The molecule has 0 radical (unpaired) electrons. The second-order valence-electron chi connectivity index (χ2n) is 5.52. The number of likely N-dealkylation sites (tertiary alicyclic amines) is 1. The first-order valence-corrected chi connectivity index (χ1v) is 9.51. The van der Waals surface area contributed by atoms with Gasteiger partial charge in [0.2, 0.25) is 15.9 Å². The summed E-state index contributed by atoms with van der Waals surface area (Å²) in [6, 6.07) is 6.16. The highest BCUT2D eigenvalue weighted by molar-refractivity contribution is 7.89. The molecule has 1 heterocycles. The molecule has 23 heavy (non-hydrogen) atoms. The third-order valence-electron chi connectivity index (χ3n) is 3.82.